The molecule has 0 unspecified atom stereocenters. The van der Waals surface area contributed by atoms with Gasteiger partial charge in [-0.2, -0.15) is 0 Å². The minimum absolute atomic E-state index is 0.0179. The number of carbonyl (C=O) groups is 2. The fraction of sp³-hybridized carbons (Fsp3) is 0.350. The van der Waals surface area contributed by atoms with Crippen LogP contribution >= 0.6 is 0 Å². The van der Waals surface area contributed by atoms with Gasteiger partial charge in [0.15, 0.2) is 6.29 Å². The summed E-state index contributed by atoms with van der Waals surface area (Å²) in [5.41, 5.74) is 7.47. The largest absolute Gasteiger partial charge is 0.392 e. The molecule has 4 N–H and O–H groups in total. The van der Waals surface area contributed by atoms with Crippen molar-refractivity contribution in [1.82, 2.24) is 10.4 Å². The second-order valence-electron chi connectivity index (χ2n) is 12.6. The molecule has 1 heterocycles. The molecule has 0 saturated carbocycles. The van der Waals surface area contributed by atoms with E-state index in [0.29, 0.717) is 37.9 Å². The van der Waals surface area contributed by atoms with Crippen molar-refractivity contribution in [3.8, 4) is 0 Å². The van der Waals surface area contributed by atoms with Crippen LogP contribution < -0.4 is 10.8 Å². The first-order valence-electron chi connectivity index (χ1n) is 17.1. The van der Waals surface area contributed by atoms with Crippen LogP contribution in [0.1, 0.15) is 85.2 Å². The van der Waals surface area contributed by atoms with Gasteiger partial charge in [-0.15, -0.1) is 0 Å². The molecule has 5 rings (SSSR count). The van der Waals surface area contributed by atoms with Crippen LogP contribution in [0.4, 0.5) is 5.69 Å². The molecule has 1 aliphatic heterocycles. The van der Waals surface area contributed by atoms with E-state index in [9.17, 15) is 14.7 Å². The third-order valence-corrected chi connectivity index (χ3v) is 8.70. The van der Waals surface area contributed by atoms with Gasteiger partial charge >= 0.3 is 0 Å². The van der Waals surface area contributed by atoms with Crippen molar-refractivity contribution in [2.75, 3.05) is 11.9 Å². The number of hydroxylamine groups is 1. The van der Waals surface area contributed by atoms with Crippen molar-refractivity contribution in [1.29, 1.82) is 0 Å². The first-order valence-corrected chi connectivity index (χ1v) is 17.1. The number of aliphatic hydroxyl groups is 1. The molecule has 0 spiro atoms. The highest BCUT2D eigenvalue weighted by molar-refractivity contribution is 5.90. The minimum Gasteiger partial charge on any atom is -0.392 e. The normalized spacial score (nSPS) is 17.5. The molecule has 9 nitrogen and oxygen atoms in total. The van der Waals surface area contributed by atoms with Crippen LogP contribution in [0.15, 0.2) is 109 Å². The summed E-state index contributed by atoms with van der Waals surface area (Å²) in [5, 5.41) is 21.2. The van der Waals surface area contributed by atoms with Crippen LogP contribution in [-0.2, 0) is 38.8 Å². The average Bonchev–Trinajstić information content (AvgIpc) is 3.13. The van der Waals surface area contributed by atoms with Crippen molar-refractivity contribution >= 4 is 17.5 Å². The van der Waals surface area contributed by atoms with Crippen LogP contribution in [-0.4, -0.2) is 39.7 Å². The van der Waals surface area contributed by atoms with E-state index in [-0.39, 0.29) is 31.1 Å². The second-order valence-corrected chi connectivity index (χ2v) is 12.6. The second kappa shape index (κ2) is 19.0. The molecule has 0 aliphatic carbocycles. The van der Waals surface area contributed by atoms with E-state index >= 15 is 0 Å². The fourth-order valence-electron chi connectivity index (χ4n) is 6.16. The summed E-state index contributed by atoms with van der Waals surface area (Å²) < 4.78 is 13.3. The number of benzene rings is 4. The lowest BCUT2D eigenvalue weighted by Gasteiger charge is -2.38. The summed E-state index contributed by atoms with van der Waals surface area (Å²) in [6, 6.07) is 36.4. The van der Waals surface area contributed by atoms with Crippen molar-refractivity contribution in [3.63, 3.8) is 0 Å². The summed E-state index contributed by atoms with van der Waals surface area (Å²) in [7, 11) is 0. The quantitative estimate of drug-likeness (QED) is 0.0535. The van der Waals surface area contributed by atoms with Crippen molar-refractivity contribution < 1.29 is 29.4 Å². The molecule has 0 aromatic heterocycles. The zero-order valence-corrected chi connectivity index (χ0v) is 27.9. The van der Waals surface area contributed by atoms with Gasteiger partial charge in [-0.25, -0.2) is 5.48 Å². The molecular formula is C40H47N3O6. The van der Waals surface area contributed by atoms with Crippen LogP contribution in [0.3, 0.4) is 0 Å². The van der Waals surface area contributed by atoms with Gasteiger partial charge in [-0.05, 0) is 47.2 Å². The molecule has 0 bridgehead atoms. The first-order chi connectivity index (χ1) is 24.0. The number of rotatable bonds is 17. The summed E-state index contributed by atoms with van der Waals surface area (Å²) >= 11 is 0. The third-order valence-electron chi connectivity index (χ3n) is 8.70. The van der Waals surface area contributed by atoms with Crippen LogP contribution in [0, 0.1) is 0 Å². The first kappa shape index (κ1) is 35.9. The number of aliphatic hydroxyl groups excluding tert-OH is 1. The van der Waals surface area contributed by atoms with Gasteiger partial charge in [-0.1, -0.05) is 110 Å². The predicted octanol–water partition coefficient (Wildman–Crippen LogP) is 7.21. The monoisotopic (exact) mass is 665 g/mol. The minimum atomic E-state index is -0.649. The number of carbonyl (C=O) groups excluding carboxylic acids is 2. The molecule has 2 amide bonds. The smallest absolute Gasteiger partial charge is 0.243 e. The molecule has 4 aromatic rings. The van der Waals surface area contributed by atoms with Crippen LogP contribution in [0.2, 0.25) is 0 Å². The van der Waals surface area contributed by atoms with Gasteiger partial charge < -0.3 is 19.9 Å². The highest BCUT2D eigenvalue weighted by atomic mass is 16.7. The number of anilines is 1. The van der Waals surface area contributed by atoms with Crippen LogP contribution in [0.5, 0.6) is 0 Å². The topological polar surface area (TPSA) is 120 Å². The Kier molecular flexibility index (Phi) is 13.9. The maximum atomic E-state index is 12.8. The van der Waals surface area contributed by atoms with Gasteiger partial charge in [0.1, 0.15) is 0 Å². The summed E-state index contributed by atoms with van der Waals surface area (Å²) in [6.45, 7) is 2.22. The molecule has 49 heavy (non-hydrogen) atoms. The Morgan fingerprint density at radius 3 is 1.94 bits per heavy atom. The van der Waals surface area contributed by atoms with E-state index < -0.39 is 12.2 Å². The summed E-state index contributed by atoms with van der Waals surface area (Å²) in [4.78, 5) is 26.3. The standard InChI is InChI=1S/C40H47N3O6/c44-29-32-20-22-33(23-21-32)37-25-36(28-43(26-30-12-5-3-6-13-30)27-31-14-7-4-8-15-31)48-40(49-37)34-16-11-17-35(24-34)41-38(45)18-9-1-2-10-19-39(46)42-47/h3-8,11-17,20-24,36-37,40,44,47H,1-2,9-10,18-19,25-29H2,(H,41,45)(H,42,46)/t36-,37+,40+/m1/s1. The number of ether oxygens (including phenoxy) is 2. The lowest BCUT2D eigenvalue weighted by molar-refractivity contribution is -0.253. The van der Waals surface area contributed by atoms with E-state index in [1.54, 1.807) is 5.48 Å². The number of unbranched alkanes of at least 4 members (excludes halogenated alkanes) is 3. The van der Waals surface area contributed by atoms with Crippen molar-refractivity contribution in [2.45, 2.75) is 83.1 Å². The molecule has 4 aromatic carbocycles. The molecule has 9 heteroatoms. The van der Waals surface area contributed by atoms with Gasteiger partial charge in [0.25, 0.3) is 0 Å². The Bertz CT molecular complexity index is 1540. The molecule has 1 aliphatic rings. The molecule has 1 saturated heterocycles. The number of nitrogens with zero attached hydrogens (tertiary/aromatic N) is 1. The van der Waals surface area contributed by atoms with Gasteiger partial charge in [0.05, 0.1) is 18.8 Å². The highest BCUT2D eigenvalue weighted by Gasteiger charge is 2.33. The Labute approximate surface area is 288 Å². The van der Waals surface area contributed by atoms with E-state index in [2.05, 4.69) is 58.7 Å². The fourth-order valence-corrected chi connectivity index (χ4v) is 6.16. The number of nitrogens with one attached hydrogen (secondary N) is 2. The van der Waals surface area contributed by atoms with E-state index in [4.69, 9.17) is 14.7 Å². The van der Waals surface area contributed by atoms with Crippen LogP contribution in [0.25, 0.3) is 0 Å². The Morgan fingerprint density at radius 1 is 0.694 bits per heavy atom. The third kappa shape index (κ3) is 11.6. The molecule has 258 valence electrons. The number of hydrogen-bond acceptors (Lipinski definition) is 7. The molecule has 0 radical (unpaired) electrons. The van der Waals surface area contributed by atoms with E-state index in [1.165, 1.54) is 11.1 Å². The van der Waals surface area contributed by atoms with Crippen molar-refractivity contribution in [2.24, 2.45) is 0 Å². The SMILES string of the molecule is O=C(CCCCCCC(=O)Nc1cccc([C@H]2O[C@@H](CN(Cc3ccccc3)Cc3ccccc3)C[C@@H](c3ccc(CO)cc3)O2)c1)NO. The lowest BCUT2D eigenvalue weighted by Crippen LogP contribution is -2.39. The Morgan fingerprint density at radius 2 is 1.33 bits per heavy atom. The summed E-state index contributed by atoms with van der Waals surface area (Å²) in [5.74, 6) is -0.467. The number of amides is 2. The average molecular weight is 666 g/mol. The molecule has 3 atom stereocenters. The maximum Gasteiger partial charge on any atom is 0.243 e. The lowest BCUT2D eigenvalue weighted by atomic mass is 9.99. The summed E-state index contributed by atoms with van der Waals surface area (Å²) in [6.07, 6.45) is 3.30. The predicted molar refractivity (Wildman–Crippen MR) is 188 cm³/mol. The van der Waals surface area contributed by atoms with E-state index in [1.807, 2.05) is 60.7 Å². The van der Waals surface area contributed by atoms with Gasteiger partial charge in [-0.3, -0.25) is 19.7 Å². The highest BCUT2D eigenvalue weighted by Crippen LogP contribution is 2.39. The van der Waals surface area contributed by atoms with Crippen molar-refractivity contribution in [3.05, 3.63) is 137 Å². The van der Waals surface area contributed by atoms with E-state index in [0.717, 1.165) is 42.6 Å². The van der Waals surface area contributed by atoms with Gasteiger partial charge in [0, 0.05) is 50.1 Å². The Balaban J connectivity index is 1.28. The zero-order chi connectivity index (χ0) is 34.3. The zero-order valence-electron chi connectivity index (χ0n) is 27.9. The number of hydrogen-bond donors (Lipinski definition) is 4. The van der Waals surface area contributed by atoms with Gasteiger partial charge in [0.2, 0.25) is 11.8 Å². The molecule has 1 fully saturated rings. The maximum absolute atomic E-state index is 12.8. The molecular weight excluding hydrogens is 618 g/mol. The Hall–Kier alpha value is -4.38.